The lowest BCUT2D eigenvalue weighted by Crippen LogP contribution is -1.97. The van der Waals surface area contributed by atoms with Crippen molar-refractivity contribution < 1.29 is 0 Å². The zero-order chi connectivity index (χ0) is 53.4. The molecule has 0 saturated heterocycles. The summed E-state index contributed by atoms with van der Waals surface area (Å²) < 4.78 is 7.24. The van der Waals surface area contributed by atoms with Gasteiger partial charge < -0.3 is 13.7 Å². The van der Waals surface area contributed by atoms with Gasteiger partial charge in [0.1, 0.15) is 0 Å². The van der Waals surface area contributed by atoms with Gasteiger partial charge in [0.2, 0.25) is 0 Å². The van der Waals surface area contributed by atoms with E-state index in [1.54, 1.807) is 0 Å². The van der Waals surface area contributed by atoms with Crippen LogP contribution in [-0.4, -0.2) is 13.7 Å². The van der Waals surface area contributed by atoms with Gasteiger partial charge in [-0.25, -0.2) is 0 Å². The zero-order valence-electron chi connectivity index (χ0n) is 44.3. The van der Waals surface area contributed by atoms with Crippen LogP contribution in [-0.2, 0) is 0 Å². The van der Waals surface area contributed by atoms with Crippen LogP contribution in [0.3, 0.4) is 0 Å². The van der Waals surface area contributed by atoms with Crippen LogP contribution in [0.5, 0.6) is 0 Å². The van der Waals surface area contributed by atoms with Crippen LogP contribution in [0.1, 0.15) is 0 Å². The molecule has 378 valence electrons. The first-order valence-electron chi connectivity index (χ1n) is 27.9. The van der Waals surface area contributed by atoms with Gasteiger partial charge in [-0.15, -0.1) is 0 Å². The second kappa shape index (κ2) is 19.0. The van der Waals surface area contributed by atoms with Crippen LogP contribution < -0.4 is 0 Å². The predicted molar refractivity (Wildman–Crippen MR) is 342 cm³/mol. The van der Waals surface area contributed by atoms with E-state index in [1.807, 2.05) is 0 Å². The van der Waals surface area contributed by atoms with Crippen LogP contribution in [0.2, 0.25) is 0 Å². The molecule has 3 heteroatoms. The van der Waals surface area contributed by atoms with Crippen molar-refractivity contribution in [2.45, 2.75) is 0 Å². The smallest absolute Gasteiger partial charge is 0.0541 e. The largest absolute Gasteiger partial charge is 0.309 e. The maximum absolute atomic E-state index is 2.46. The normalized spacial score (nSPS) is 11.7. The molecule has 16 aromatic rings. The zero-order valence-corrected chi connectivity index (χ0v) is 44.3. The summed E-state index contributed by atoms with van der Waals surface area (Å²) in [7, 11) is 0. The van der Waals surface area contributed by atoms with Gasteiger partial charge in [0, 0.05) is 49.4 Å². The van der Waals surface area contributed by atoms with Gasteiger partial charge in [0.05, 0.1) is 33.1 Å². The minimum absolute atomic E-state index is 1.10. The first-order chi connectivity index (χ1) is 40.1. The third kappa shape index (κ3) is 7.89. The van der Waals surface area contributed by atoms with Crippen molar-refractivity contribution >= 4 is 65.4 Å². The first-order valence-corrected chi connectivity index (χ1v) is 27.9. The molecule has 0 unspecified atom stereocenters. The molecule has 0 atom stereocenters. The fraction of sp³-hybridized carbons (Fsp3) is 0. The number of rotatable bonds is 9. The van der Waals surface area contributed by atoms with Crippen LogP contribution >= 0.6 is 0 Å². The molecule has 13 aromatic carbocycles. The molecular weight excluding hydrogens is 979 g/mol. The van der Waals surface area contributed by atoms with Gasteiger partial charge in [-0.3, -0.25) is 0 Å². The molecule has 0 bridgehead atoms. The van der Waals surface area contributed by atoms with Crippen LogP contribution in [0.25, 0.3) is 149 Å². The number of para-hydroxylation sites is 6. The van der Waals surface area contributed by atoms with Crippen molar-refractivity contribution in [2.75, 3.05) is 0 Å². The highest BCUT2D eigenvalue weighted by Crippen LogP contribution is 2.42. The SMILES string of the molecule is c1ccc(-c2cc(-c3ccc(-n4c5ccccc5c5ccccc54)cc3)cc(-c3cc(-c4cc(-c5ccccc5)cc(-c5ccc(-n6c7ccccc7c7ccccc76)cc5)c4)cc(-n4c5ccccc5c5ccccc54)c3)c2)cc1. The average Bonchev–Trinajstić information content (AvgIpc) is 4.42. The van der Waals surface area contributed by atoms with Crippen LogP contribution in [0.15, 0.2) is 309 Å². The fourth-order valence-corrected chi connectivity index (χ4v) is 12.8. The molecule has 3 aromatic heterocycles. The molecule has 0 saturated carbocycles. The summed E-state index contributed by atoms with van der Waals surface area (Å²) in [5, 5.41) is 7.49. The Bertz CT molecular complexity index is 4650. The first kappa shape index (κ1) is 46.4. The maximum Gasteiger partial charge on any atom is 0.0541 e. The minimum Gasteiger partial charge on any atom is -0.309 e. The number of fused-ring (bicyclic) bond motifs is 9. The van der Waals surface area contributed by atoms with E-state index < -0.39 is 0 Å². The minimum atomic E-state index is 1.10. The van der Waals surface area contributed by atoms with Crippen molar-refractivity contribution in [3.63, 3.8) is 0 Å². The van der Waals surface area contributed by atoms with Crippen molar-refractivity contribution in [1.29, 1.82) is 0 Å². The standard InChI is InChI=1S/C78H51N3/c1-3-19-52(20-4-1)56-43-58(54-35-39-64(40-36-54)79-73-29-13-7-23-67(73)68-24-8-14-30-74(68)79)47-60(45-56)62-49-63(51-66(50-62)81-77-33-17-11-27-71(77)72-28-12-18-34-78(72)81)61-46-57(53-21-5-2-6-22-53)44-59(48-61)55-37-41-65(42-38-55)80-75-31-15-9-25-69(75)70-26-10-16-32-76(70)80/h1-51H. The summed E-state index contributed by atoms with van der Waals surface area (Å²) >= 11 is 0. The Labute approximate surface area is 469 Å². The van der Waals surface area contributed by atoms with E-state index >= 15 is 0 Å². The second-order valence-electron chi connectivity index (χ2n) is 21.3. The fourth-order valence-electron chi connectivity index (χ4n) is 12.8. The number of benzene rings is 13. The molecule has 0 aliphatic rings. The summed E-state index contributed by atoms with van der Waals surface area (Å²) in [6.07, 6.45) is 0. The van der Waals surface area contributed by atoms with E-state index in [-0.39, 0.29) is 0 Å². The molecule has 0 spiro atoms. The third-order valence-corrected chi connectivity index (χ3v) is 16.6. The van der Waals surface area contributed by atoms with E-state index in [1.165, 1.54) is 76.5 Å². The Morgan fingerprint density at radius 2 is 0.333 bits per heavy atom. The predicted octanol–water partition coefficient (Wildman–Crippen LogP) is 21.0. The molecule has 16 rings (SSSR count). The number of hydrogen-bond acceptors (Lipinski definition) is 0. The Morgan fingerprint density at radius 3 is 0.605 bits per heavy atom. The Morgan fingerprint density at radius 1 is 0.136 bits per heavy atom. The van der Waals surface area contributed by atoms with E-state index in [0.29, 0.717) is 0 Å². The van der Waals surface area contributed by atoms with Gasteiger partial charge in [0.25, 0.3) is 0 Å². The molecular formula is C78H51N3. The highest BCUT2D eigenvalue weighted by Gasteiger charge is 2.19. The lowest BCUT2D eigenvalue weighted by molar-refractivity contribution is 1.18. The molecule has 0 amide bonds. The van der Waals surface area contributed by atoms with E-state index in [9.17, 15) is 0 Å². The van der Waals surface area contributed by atoms with Gasteiger partial charge in [-0.2, -0.15) is 0 Å². The molecule has 0 N–H and O–H groups in total. The van der Waals surface area contributed by atoms with Gasteiger partial charge in [-0.05, 0) is 182 Å². The van der Waals surface area contributed by atoms with Crippen molar-refractivity contribution in [3.05, 3.63) is 309 Å². The van der Waals surface area contributed by atoms with E-state index in [0.717, 1.165) is 72.7 Å². The van der Waals surface area contributed by atoms with Crippen LogP contribution in [0, 0.1) is 0 Å². The van der Waals surface area contributed by atoms with E-state index in [4.69, 9.17) is 0 Å². The highest BCUT2D eigenvalue weighted by atomic mass is 15.0. The molecule has 3 nitrogen and oxygen atoms in total. The molecule has 0 aliphatic heterocycles. The topological polar surface area (TPSA) is 14.8 Å². The Balaban J connectivity index is 0.888. The molecule has 3 heterocycles. The van der Waals surface area contributed by atoms with Crippen molar-refractivity contribution in [2.24, 2.45) is 0 Å². The summed E-state index contributed by atoms with van der Waals surface area (Å²) in [6, 6.07) is 114. The third-order valence-electron chi connectivity index (χ3n) is 16.6. The molecule has 0 fully saturated rings. The second-order valence-corrected chi connectivity index (χ2v) is 21.3. The van der Waals surface area contributed by atoms with Crippen molar-refractivity contribution in [1.82, 2.24) is 13.7 Å². The monoisotopic (exact) mass is 1030 g/mol. The quantitative estimate of drug-likeness (QED) is 0.137. The summed E-state index contributed by atoms with van der Waals surface area (Å²) in [6.45, 7) is 0. The van der Waals surface area contributed by atoms with Gasteiger partial charge in [-0.1, -0.05) is 194 Å². The summed E-state index contributed by atoms with van der Waals surface area (Å²) in [5.74, 6) is 0. The molecule has 0 aliphatic carbocycles. The Hall–Kier alpha value is -10.7. The van der Waals surface area contributed by atoms with Gasteiger partial charge in [0.15, 0.2) is 0 Å². The summed E-state index contributed by atoms with van der Waals surface area (Å²) in [4.78, 5) is 0. The highest BCUT2D eigenvalue weighted by molar-refractivity contribution is 6.11. The summed E-state index contributed by atoms with van der Waals surface area (Å²) in [5.41, 5.74) is 24.4. The molecule has 81 heavy (non-hydrogen) atoms. The Kier molecular flexibility index (Phi) is 10.9. The average molecular weight is 1030 g/mol. The van der Waals surface area contributed by atoms with Gasteiger partial charge >= 0.3 is 0 Å². The van der Waals surface area contributed by atoms with Crippen molar-refractivity contribution in [3.8, 4) is 83.8 Å². The van der Waals surface area contributed by atoms with Crippen LogP contribution in [0.4, 0.5) is 0 Å². The molecule has 0 radical (unpaired) electrons. The lowest BCUT2D eigenvalue weighted by atomic mass is 9.90. The lowest BCUT2D eigenvalue weighted by Gasteiger charge is -2.17. The number of aromatic nitrogens is 3. The number of nitrogens with zero attached hydrogens (tertiary/aromatic N) is 3. The number of hydrogen-bond donors (Lipinski definition) is 0. The maximum atomic E-state index is 2.46. The van der Waals surface area contributed by atoms with E-state index in [2.05, 4.69) is 323 Å².